The molecule has 2 heterocycles. The minimum atomic E-state index is -0.601. The van der Waals surface area contributed by atoms with E-state index in [0.29, 0.717) is 13.0 Å². The van der Waals surface area contributed by atoms with Gasteiger partial charge in [0.05, 0.1) is 31.8 Å². The molecule has 160 valence electrons. The zero-order chi connectivity index (χ0) is 21.8. The van der Waals surface area contributed by atoms with Gasteiger partial charge in [-0.05, 0) is 32.8 Å². The van der Waals surface area contributed by atoms with Crippen molar-refractivity contribution in [2.24, 2.45) is 0 Å². The van der Waals surface area contributed by atoms with E-state index < -0.39 is 10.8 Å². The van der Waals surface area contributed by atoms with Crippen LogP contribution in [0.4, 0.5) is 5.69 Å². The molecule has 1 aliphatic rings. The van der Waals surface area contributed by atoms with Gasteiger partial charge >= 0.3 is 6.01 Å². The molecule has 1 aliphatic heterocycles. The van der Waals surface area contributed by atoms with Gasteiger partial charge in [-0.2, -0.15) is 0 Å². The van der Waals surface area contributed by atoms with Crippen molar-refractivity contribution in [2.75, 3.05) is 27.3 Å². The fourth-order valence-corrected chi connectivity index (χ4v) is 3.48. The predicted molar refractivity (Wildman–Crippen MR) is 107 cm³/mol. The predicted octanol–water partition coefficient (Wildman–Crippen LogP) is 2.70. The molecule has 1 aromatic carbocycles. The van der Waals surface area contributed by atoms with Gasteiger partial charge in [0.2, 0.25) is 0 Å². The van der Waals surface area contributed by atoms with Crippen molar-refractivity contribution in [3.8, 4) is 17.5 Å². The van der Waals surface area contributed by atoms with Crippen LogP contribution in [0.2, 0.25) is 0 Å². The number of likely N-dealkylation sites (tertiary alicyclic amines) is 1. The third kappa shape index (κ3) is 4.58. The van der Waals surface area contributed by atoms with Crippen molar-refractivity contribution in [1.29, 1.82) is 0 Å². The standard InChI is InChI=1S/C20H24N4O6/c1-12-8-13(2)22-20(21-12)30-14-6-5-7-23(11-14)19(25)15-9-17(28-3)18(29-4)10-16(15)24(26)27/h8-10,14H,5-7,11H2,1-4H3. The summed E-state index contributed by atoms with van der Waals surface area (Å²) in [5.74, 6) is -0.0234. The Kier molecular flexibility index (Phi) is 6.34. The van der Waals surface area contributed by atoms with Gasteiger partial charge in [0, 0.05) is 24.0 Å². The highest BCUT2D eigenvalue weighted by molar-refractivity contribution is 5.99. The van der Waals surface area contributed by atoms with Gasteiger partial charge in [0.15, 0.2) is 11.5 Å². The quantitative estimate of drug-likeness (QED) is 0.521. The molecule has 1 amide bonds. The third-order valence-electron chi connectivity index (χ3n) is 4.83. The molecule has 0 N–H and O–H groups in total. The molecule has 1 fully saturated rings. The summed E-state index contributed by atoms with van der Waals surface area (Å²) in [6, 6.07) is 4.66. The molecule has 10 nitrogen and oxygen atoms in total. The van der Waals surface area contributed by atoms with E-state index >= 15 is 0 Å². The van der Waals surface area contributed by atoms with Crippen molar-refractivity contribution < 1.29 is 23.9 Å². The average molecular weight is 416 g/mol. The zero-order valence-electron chi connectivity index (χ0n) is 17.4. The third-order valence-corrected chi connectivity index (χ3v) is 4.83. The number of hydrogen-bond donors (Lipinski definition) is 0. The van der Waals surface area contributed by atoms with Crippen LogP contribution in [0.3, 0.4) is 0 Å². The van der Waals surface area contributed by atoms with Crippen molar-refractivity contribution >= 4 is 11.6 Å². The number of nitro benzene ring substituents is 1. The van der Waals surface area contributed by atoms with Gasteiger partial charge in [-0.25, -0.2) is 9.97 Å². The molecule has 10 heteroatoms. The Morgan fingerprint density at radius 3 is 2.37 bits per heavy atom. The van der Waals surface area contributed by atoms with Crippen molar-refractivity contribution in [2.45, 2.75) is 32.8 Å². The number of carbonyl (C=O) groups excluding carboxylic acids is 1. The molecule has 30 heavy (non-hydrogen) atoms. The van der Waals surface area contributed by atoms with E-state index in [9.17, 15) is 14.9 Å². The Hall–Kier alpha value is -3.43. The number of piperidine rings is 1. The summed E-state index contributed by atoms with van der Waals surface area (Å²) >= 11 is 0. The van der Waals surface area contributed by atoms with Crippen LogP contribution in [0.15, 0.2) is 18.2 Å². The second-order valence-corrected chi connectivity index (χ2v) is 7.05. The Bertz CT molecular complexity index is 944. The van der Waals surface area contributed by atoms with E-state index in [-0.39, 0.29) is 41.4 Å². The second kappa shape index (κ2) is 8.93. The fourth-order valence-electron chi connectivity index (χ4n) is 3.48. The lowest BCUT2D eigenvalue weighted by molar-refractivity contribution is -0.385. The summed E-state index contributed by atoms with van der Waals surface area (Å²) in [7, 11) is 2.79. The fraction of sp³-hybridized carbons (Fsp3) is 0.450. The molecule has 0 radical (unpaired) electrons. The Labute approximate surface area is 173 Å². The summed E-state index contributed by atoms with van der Waals surface area (Å²) in [6.07, 6.45) is 1.12. The Balaban J connectivity index is 1.83. The molecule has 0 saturated carbocycles. The minimum absolute atomic E-state index is 0.0547. The van der Waals surface area contributed by atoms with Gasteiger partial charge in [-0.15, -0.1) is 0 Å². The van der Waals surface area contributed by atoms with Crippen molar-refractivity contribution in [3.63, 3.8) is 0 Å². The topological polar surface area (TPSA) is 117 Å². The van der Waals surface area contributed by atoms with E-state index in [1.54, 1.807) is 4.90 Å². The lowest BCUT2D eigenvalue weighted by Crippen LogP contribution is -2.44. The lowest BCUT2D eigenvalue weighted by atomic mass is 10.1. The molecular weight excluding hydrogens is 392 g/mol. The highest BCUT2D eigenvalue weighted by atomic mass is 16.6. The number of benzene rings is 1. The largest absolute Gasteiger partial charge is 0.493 e. The first-order valence-electron chi connectivity index (χ1n) is 9.51. The van der Waals surface area contributed by atoms with Gasteiger partial charge < -0.3 is 19.1 Å². The highest BCUT2D eigenvalue weighted by Crippen LogP contribution is 2.35. The van der Waals surface area contributed by atoms with E-state index in [0.717, 1.165) is 17.8 Å². The molecule has 0 bridgehead atoms. The van der Waals surface area contributed by atoms with E-state index in [4.69, 9.17) is 14.2 Å². The van der Waals surface area contributed by atoms with Crippen LogP contribution < -0.4 is 14.2 Å². The van der Waals surface area contributed by atoms with Crippen LogP contribution in [-0.4, -0.2) is 59.1 Å². The van der Waals surface area contributed by atoms with Crippen molar-refractivity contribution in [1.82, 2.24) is 14.9 Å². The van der Waals surface area contributed by atoms with Gasteiger partial charge in [0.1, 0.15) is 11.7 Å². The first-order chi connectivity index (χ1) is 14.3. The minimum Gasteiger partial charge on any atom is -0.493 e. The highest BCUT2D eigenvalue weighted by Gasteiger charge is 2.31. The van der Waals surface area contributed by atoms with Gasteiger partial charge in [-0.1, -0.05) is 0 Å². The molecule has 0 aliphatic carbocycles. The number of nitro groups is 1. The summed E-state index contributed by atoms with van der Waals surface area (Å²) in [5, 5.41) is 11.5. The van der Waals surface area contributed by atoms with Crippen LogP contribution in [0.25, 0.3) is 0 Å². The zero-order valence-corrected chi connectivity index (χ0v) is 17.4. The SMILES string of the molecule is COc1cc(C(=O)N2CCCC(Oc3nc(C)cc(C)n3)C2)c([N+](=O)[O-])cc1OC. The normalized spacial score (nSPS) is 16.1. The van der Waals surface area contributed by atoms with E-state index in [1.165, 1.54) is 26.4 Å². The maximum Gasteiger partial charge on any atom is 0.317 e. The number of ether oxygens (including phenoxy) is 3. The maximum absolute atomic E-state index is 13.1. The first-order valence-corrected chi connectivity index (χ1v) is 9.51. The molecule has 1 unspecified atom stereocenters. The molecule has 2 aromatic rings. The molecule has 3 rings (SSSR count). The Morgan fingerprint density at radius 1 is 1.13 bits per heavy atom. The van der Waals surface area contributed by atoms with Crippen LogP contribution >= 0.6 is 0 Å². The summed E-state index contributed by atoms with van der Waals surface area (Å²) < 4.78 is 16.2. The number of nitrogens with zero attached hydrogens (tertiary/aromatic N) is 4. The second-order valence-electron chi connectivity index (χ2n) is 7.05. The van der Waals surface area contributed by atoms with Crippen LogP contribution in [0.1, 0.15) is 34.6 Å². The number of amides is 1. The van der Waals surface area contributed by atoms with Gasteiger partial charge in [-0.3, -0.25) is 14.9 Å². The van der Waals surface area contributed by atoms with Crippen LogP contribution in [-0.2, 0) is 0 Å². The van der Waals surface area contributed by atoms with Crippen LogP contribution in [0, 0.1) is 24.0 Å². The number of hydrogen-bond acceptors (Lipinski definition) is 8. The van der Waals surface area contributed by atoms with Crippen molar-refractivity contribution in [3.05, 3.63) is 45.3 Å². The molecule has 1 aromatic heterocycles. The maximum atomic E-state index is 13.1. The first kappa shape index (κ1) is 21.3. The summed E-state index contributed by atoms with van der Waals surface area (Å²) in [6.45, 7) is 4.46. The Morgan fingerprint density at radius 2 is 1.77 bits per heavy atom. The lowest BCUT2D eigenvalue weighted by Gasteiger charge is -2.32. The van der Waals surface area contributed by atoms with Gasteiger partial charge in [0.25, 0.3) is 11.6 Å². The van der Waals surface area contributed by atoms with E-state index in [1.807, 2.05) is 19.9 Å². The number of aryl methyl sites for hydroxylation is 2. The molecule has 1 saturated heterocycles. The number of methoxy groups -OCH3 is 2. The average Bonchev–Trinajstić information content (AvgIpc) is 2.71. The van der Waals surface area contributed by atoms with Crippen LogP contribution in [0.5, 0.6) is 17.5 Å². The van der Waals surface area contributed by atoms with E-state index in [2.05, 4.69) is 9.97 Å². The summed E-state index contributed by atoms with van der Waals surface area (Å²) in [5.41, 5.74) is 1.20. The summed E-state index contributed by atoms with van der Waals surface area (Å²) in [4.78, 5) is 34.2. The monoisotopic (exact) mass is 416 g/mol. The number of carbonyl (C=O) groups is 1. The molecule has 1 atom stereocenters. The number of rotatable bonds is 6. The smallest absolute Gasteiger partial charge is 0.317 e. The number of aromatic nitrogens is 2. The molecular formula is C20H24N4O6. The molecule has 0 spiro atoms.